The molecule has 248 valence electrons. The topological polar surface area (TPSA) is 96.0 Å². The third-order valence-electron chi connectivity index (χ3n) is 7.63. The maximum absolute atomic E-state index is 14.6. The molecule has 0 aromatic heterocycles. The highest BCUT2D eigenvalue weighted by molar-refractivity contribution is 7.92. The normalized spacial score (nSPS) is 12.6. The molecule has 2 atom stereocenters. The molecule has 12 heteroatoms. The lowest BCUT2D eigenvalue weighted by molar-refractivity contribution is -0.140. The first-order valence-corrected chi connectivity index (χ1v) is 17.5. The quantitative estimate of drug-likeness (QED) is 0.147. The van der Waals surface area contributed by atoms with Gasteiger partial charge in [-0.25, -0.2) is 8.42 Å². The van der Waals surface area contributed by atoms with Crippen LogP contribution in [-0.4, -0.2) is 50.9 Å². The minimum absolute atomic E-state index is 0.0485. The predicted molar refractivity (Wildman–Crippen MR) is 188 cm³/mol. The number of nitrogens with zero attached hydrogens (tertiary/aromatic N) is 2. The van der Waals surface area contributed by atoms with Crippen LogP contribution < -0.4 is 14.4 Å². The summed E-state index contributed by atoms with van der Waals surface area (Å²) in [5.41, 5.74) is 1.61. The Morgan fingerprint density at radius 2 is 1.55 bits per heavy atom. The Kier molecular flexibility index (Phi) is 12.6. The first-order valence-electron chi connectivity index (χ1n) is 14.9. The zero-order valence-electron chi connectivity index (χ0n) is 26.2. The lowest BCUT2D eigenvalue weighted by Gasteiger charge is -2.34. The maximum atomic E-state index is 14.6. The number of sulfonamides is 1. The average molecular weight is 717 g/mol. The van der Waals surface area contributed by atoms with E-state index in [1.54, 1.807) is 36.4 Å². The van der Waals surface area contributed by atoms with Gasteiger partial charge in [0, 0.05) is 24.0 Å². The molecule has 4 rings (SSSR count). The van der Waals surface area contributed by atoms with E-state index in [4.69, 9.17) is 39.5 Å². The van der Waals surface area contributed by atoms with Crippen LogP contribution in [0.4, 0.5) is 5.69 Å². The van der Waals surface area contributed by atoms with Crippen molar-refractivity contribution >= 4 is 62.3 Å². The highest BCUT2D eigenvalue weighted by Crippen LogP contribution is 2.29. The highest BCUT2D eigenvalue weighted by atomic mass is 35.5. The van der Waals surface area contributed by atoms with Crippen molar-refractivity contribution < 1.29 is 22.7 Å². The van der Waals surface area contributed by atoms with Crippen LogP contribution in [0, 0.1) is 0 Å². The molecule has 0 aliphatic heterocycles. The minimum Gasteiger partial charge on any atom is -0.497 e. The van der Waals surface area contributed by atoms with Crippen LogP contribution in [0.15, 0.2) is 102 Å². The number of hydrogen-bond donors (Lipinski definition) is 1. The van der Waals surface area contributed by atoms with E-state index in [-0.39, 0.29) is 45.5 Å². The molecule has 4 aromatic carbocycles. The van der Waals surface area contributed by atoms with Gasteiger partial charge in [0.2, 0.25) is 11.8 Å². The largest absolute Gasteiger partial charge is 0.497 e. The maximum Gasteiger partial charge on any atom is 0.264 e. The smallest absolute Gasteiger partial charge is 0.264 e. The molecule has 4 aromatic rings. The molecule has 0 spiro atoms. The summed E-state index contributed by atoms with van der Waals surface area (Å²) < 4.78 is 34.6. The van der Waals surface area contributed by atoms with Gasteiger partial charge in [0.05, 0.1) is 27.7 Å². The van der Waals surface area contributed by atoms with Crippen LogP contribution in [0.1, 0.15) is 31.4 Å². The molecule has 0 bridgehead atoms. The third-order valence-corrected chi connectivity index (χ3v) is 10.4. The summed E-state index contributed by atoms with van der Waals surface area (Å²) in [4.78, 5) is 29.8. The van der Waals surface area contributed by atoms with Gasteiger partial charge in [0.25, 0.3) is 10.0 Å². The Hall–Kier alpha value is -3.76. The van der Waals surface area contributed by atoms with E-state index in [2.05, 4.69) is 5.32 Å². The molecule has 0 saturated carbocycles. The molecule has 0 aliphatic rings. The minimum atomic E-state index is -4.30. The summed E-state index contributed by atoms with van der Waals surface area (Å²) in [5, 5.41) is 3.91. The van der Waals surface area contributed by atoms with Gasteiger partial charge >= 0.3 is 0 Å². The van der Waals surface area contributed by atoms with E-state index in [1.807, 2.05) is 44.2 Å². The third kappa shape index (κ3) is 9.41. The second kappa shape index (κ2) is 16.4. The van der Waals surface area contributed by atoms with Gasteiger partial charge in [0.15, 0.2) is 0 Å². The molecule has 1 N–H and O–H groups in total. The van der Waals surface area contributed by atoms with E-state index >= 15 is 0 Å². The fraction of sp³-hybridized carbons (Fsp3) is 0.257. The Morgan fingerprint density at radius 3 is 2.17 bits per heavy atom. The van der Waals surface area contributed by atoms with Crippen molar-refractivity contribution in [3.63, 3.8) is 0 Å². The van der Waals surface area contributed by atoms with Crippen LogP contribution in [0.25, 0.3) is 0 Å². The molecular formula is C35H36Cl3N3O5S. The number of halogens is 3. The summed E-state index contributed by atoms with van der Waals surface area (Å²) in [5.74, 6) is -0.518. The van der Waals surface area contributed by atoms with Crippen molar-refractivity contribution in [3.05, 3.63) is 123 Å². The zero-order valence-corrected chi connectivity index (χ0v) is 29.3. The molecule has 0 aliphatic carbocycles. The summed E-state index contributed by atoms with van der Waals surface area (Å²) in [6.07, 6.45) is 0.853. The SMILES string of the molecule is CCC(C)NC(=O)C(Cc1ccccc1)N(Cc1ccc(Cl)c(Cl)c1)C(=O)CN(c1cccc(Cl)c1)S(=O)(=O)c1ccc(OC)cc1. The fourth-order valence-electron chi connectivity index (χ4n) is 4.86. The van der Waals surface area contributed by atoms with E-state index < -0.39 is 28.5 Å². The van der Waals surface area contributed by atoms with Gasteiger partial charge in [-0.05, 0) is 79.1 Å². The molecule has 8 nitrogen and oxygen atoms in total. The highest BCUT2D eigenvalue weighted by Gasteiger charge is 2.35. The number of rotatable bonds is 14. The van der Waals surface area contributed by atoms with Gasteiger partial charge in [-0.15, -0.1) is 0 Å². The van der Waals surface area contributed by atoms with Crippen LogP contribution in [0.5, 0.6) is 5.75 Å². The second-order valence-corrected chi connectivity index (χ2v) is 14.1. The number of carbonyl (C=O) groups excluding carboxylic acids is 2. The summed E-state index contributed by atoms with van der Waals surface area (Å²) >= 11 is 18.8. The summed E-state index contributed by atoms with van der Waals surface area (Å²) in [6, 6.07) is 25.2. The summed E-state index contributed by atoms with van der Waals surface area (Å²) in [6.45, 7) is 3.15. The number of amides is 2. The molecule has 0 fully saturated rings. The molecule has 47 heavy (non-hydrogen) atoms. The molecule has 2 amide bonds. The lowest BCUT2D eigenvalue weighted by Crippen LogP contribution is -2.54. The Morgan fingerprint density at radius 1 is 0.851 bits per heavy atom. The number of carbonyl (C=O) groups is 2. The molecular weight excluding hydrogens is 681 g/mol. The lowest BCUT2D eigenvalue weighted by atomic mass is 10.0. The Balaban J connectivity index is 1.82. The summed E-state index contributed by atoms with van der Waals surface area (Å²) in [7, 11) is -2.83. The molecule has 2 unspecified atom stereocenters. The van der Waals surface area contributed by atoms with Crippen LogP contribution in [-0.2, 0) is 32.6 Å². The second-order valence-electron chi connectivity index (χ2n) is 11.0. The van der Waals surface area contributed by atoms with Gasteiger partial charge in [-0.2, -0.15) is 0 Å². The fourth-order valence-corrected chi connectivity index (χ4v) is 6.78. The van der Waals surface area contributed by atoms with Crippen LogP contribution in [0.3, 0.4) is 0 Å². The number of hydrogen-bond acceptors (Lipinski definition) is 5. The van der Waals surface area contributed by atoms with Crippen LogP contribution >= 0.6 is 34.8 Å². The van der Waals surface area contributed by atoms with Gasteiger partial charge in [-0.1, -0.05) is 84.2 Å². The van der Waals surface area contributed by atoms with Crippen molar-refractivity contribution in [1.82, 2.24) is 10.2 Å². The number of benzene rings is 4. The number of methoxy groups -OCH3 is 1. The van der Waals surface area contributed by atoms with Crippen molar-refractivity contribution in [2.75, 3.05) is 18.0 Å². The standard InChI is InChI=1S/C35H36Cl3N3O5S/c1-4-24(2)39-35(43)33(20-25-9-6-5-7-10-25)40(22-26-13-18-31(37)32(38)19-26)34(42)23-41(28-12-8-11-27(36)21-28)47(44,45)30-16-14-29(46-3)15-17-30/h5-19,21,24,33H,4,20,22-23H2,1-3H3,(H,39,43). The van der Waals surface area contributed by atoms with E-state index in [1.165, 1.54) is 42.3 Å². The molecule has 0 heterocycles. The predicted octanol–water partition coefficient (Wildman–Crippen LogP) is 7.41. The van der Waals surface area contributed by atoms with Crippen LogP contribution in [0.2, 0.25) is 15.1 Å². The van der Waals surface area contributed by atoms with Gasteiger partial charge in [0.1, 0.15) is 18.3 Å². The average Bonchev–Trinajstić information content (AvgIpc) is 3.06. The van der Waals surface area contributed by atoms with Gasteiger partial charge in [-0.3, -0.25) is 13.9 Å². The van der Waals surface area contributed by atoms with Crippen molar-refractivity contribution in [2.24, 2.45) is 0 Å². The van der Waals surface area contributed by atoms with E-state index in [9.17, 15) is 18.0 Å². The number of anilines is 1. The number of ether oxygens (including phenoxy) is 1. The van der Waals surface area contributed by atoms with E-state index in [0.29, 0.717) is 22.8 Å². The van der Waals surface area contributed by atoms with E-state index in [0.717, 1.165) is 9.87 Å². The number of nitrogens with one attached hydrogen (secondary N) is 1. The van der Waals surface area contributed by atoms with Crippen molar-refractivity contribution in [1.29, 1.82) is 0 Å². The first kappa shape index (κ1) is 36.1. The Bertz CT molecular complexity index is 1790. The Labute approximate surface area is 291 Å². The van der Waals surface area contributed by atoms with Gasteiger partial charge < -0.3 is 15.0 Å². The molecule has 0 saturated heterocycles. The van der Waals surface area contributed by atoms with Crippen molar-refractivity contribution in [3.8, 4) is 5.75 Å². The van der Waals surface area contributed by atoms with Crippen molar-refractivity contribution in [2.45, 2.75) is 50.2 Å². The molecule has 0 radical (unpaired) electrons. The zero-order chi connectivity index (χ0) is 34.1. The first-order chi connectivity index (χ1) is 22.4. The monoisotopic (exact) mass is 715 g/mol.